The fourth-order valence-electron chi connectivity index (χ4n) is 1.46. The average molecular weight is 255 g/mol. The zero-order valence-electron chi connectivity index (χ0n) is 13.3. The summed E-state index contributed by atoms with van der Waals surface area (Å²) in [4.78, 5) is 0. The van der Waals surface area contributed by atoms with E-state index in [0.717, 1.165) is 38.5 Å². The van der Waals surface area contributed by atoms with Gasteiger partial charge in [-0.2, -0.15) is 0 Å². The summed E-state index contributed by atoms with van der Waals surface area (Å²) in [7, 11) is 0. The molecule has 2 heteroatoms. The SMILES string of the molecule is C=CC(C)(CCOCCC(C)C)CNC(C)(C)C. The fourth-order valence-corrected chi connectivity index (χ4v) is 1.46. The number of nitrogens with one attached hydrogen (secondary N) is 1. The van der Waals surface area contributed by atoms with E-state index in [1.807, 2.05) is 0 Å². The van der Waals surface area contributed by atoms with Gasteiger partial charge < -0.3 is 10.1 Å². The van der Waals surface area contributed by atoms with Crippen LogP contribution in [-0.2, 0) is 4.74 Å². The molecule has 0 aliphatic carbocycles. The zero-order valence-corrected chi connectivity index (χ0v) is 13.3. The van der Waals surface area contributed by atoms with Crippen molar-refractivity contribution in [3.63, 3.8) is 0 Å². The second-order valence-electron chi connectivity index (χ2n) is 7.01. The predicted molar refractivity (Wildman–Crippen MR) is 81.0 cm³/mol. The average Bonchev–Trinajstić information content (AvgIpc) is 2.25. The summed E-state index contributed by atoms with van der Waals surface area (Å²) in [5, 5.41) is 3.55. The lowest BCUT2D eigenvalue weighted by Crippen LogP contribution is -2.42. The topological polar surface area (TPSA) is 21.3 Å². The standard InChI is InChI=1S/C16H33NO/c1-8-16(7,13-17-15(4,5)6)10-12-18-11-9-14(2)3/h8,14,17H,1,9-13H2,2-7H3. The molecule has 18 heavy (non-hydrogen) atoms. The summed E-state index contributed by atoms with van der Waals surface area (Å²) in [6.07, 6.45) is 4.22. The molecule has 0 heterocycles. The molecule has 0 fully saturated rings. The lowest BCUT2D eigenvalue weighted by molar-refractivity contribution is 0.1000. The van der Waals surface area contributed by atoms with Crippen LogP contribution in [0, 0.1) is 11.3 Å². The Hall–Kier alpha value is -0.340. The summed E-state index contributed by atoms with van der Waals surface area (Å²) >= 11 is 0. The molecule has 0 spiro atoms. The largest absolute Gasteiger partial charge is 0.381 e. The van der Waals surface area contributed by atoms with Crippen LogP contribution in [0.15, 0.2) is 12.7 Å². The quantitative estimate of drug-likeness (QED) is 0.496. The molecule has 2 nitrogen and oxygen atoms in total. The van der Waals surface area contributed by atoms with Crippen LogP contribution in [0.2, 0.25) is 0 Å². The lowest BCUT2D eigenvalue weighted by atomic mass is 9.86. The molecule has 0 aromatic rings. The van der Waals surface area contributed by atoms with Gasteiger partial charge in [0, 0.05) is 25.3 Å². The first-order chi connectivity index (χ1) is 8.18. The maximum absolute atomic E-state index is 5.70. The van der Waals surface area contributed by atoms with Crippen LogP contribution in [0.1, 0.15) is 54.4 Å². The van der Waals surface area contributed by atoms with E-state index in [9.17, 15) is 0 Å². The smallest absolute Gasteiger partial charge is 0.0474 e. The normalized spacial score (nSPS) is 15.7. The van der Waals surface area contributed by atoms with E-state index >= 15 is 0 Å². The van der Waals surface area contributed by atoms with Crippen molar-refractivity contribution in [3.8, 4) is 0 Å². The minimum Gasteiger partial charge on any atom is -0.381 e. The summed E-state index contributed by atoms with van der Waals surface area (Å²) in [6, 6.07) is 0. The molecule has 0 amide bonds. The third-order valence-corrected chi connectivity index (χ3v) is 3.17. The Morgan fingerprint density at radius 1 is 1.17 bits per heavy atom. The first-order valence-electron chi connectivity index (χ1n) is 7.15. The van der Waals surface area contributed by atoms with Crippen LogP contribution in [0.4, 0.5) is 0 Å². The monoisotopic (exact) mass is 255 g/mol. The maximum atomic E-state index is 5.70. The van der Waals surface area contributed by atoms with Gasteiger partial charge in [0.2, 0.25) is 0 Å². The van der Waals surface area contributed by atoms with Crippen molar-refractivity contribution in [2.75, 3.05) is 19.8 Å². The van der Waals surface area contributed by atoms with Gasteiger partial charge in [0.15, 0.2) is 0 Å². The van der Waals surface area contributed by atoms with Crippen molar-refractivity contribution >= 4 is 0 Å². The Morgan fingerprint density at radius 2 is 1.78 bits per heavy atom. The van der Waals surface area contributed by atoms with Crippen molar-refractivity contribution in [2.45, 2.75) is 59.9 Å². The Labute approximate surface area is 114 Å². The molecule has 0 aromatic carbocycles. The number of hydrogen-bond acceptors (Lipinski definition) is 2. The van der Waals surface area contributed by atoms with Crippen LogP contribution in [0.5, 0.6) is 0 Å². The molecule has 1 unspecified atom stereocenters. The molecule has 108 valence electrons. The summed E-state index contributed by atoms with van der Waals surface area (Å²) in [5.41, 5.74) is 0.272. The summed E-state index contributed by atoms with van der Waals surface area (Å²) < 4.78 is 5.70. The van der Waals surface area contributed by atoms with Crippen molar-refractivity contribution in [1.82, 2.24) is 5.32 Å². The minimum absolute atomic E-state index is 0.116. The molecular weight excluding hydrogens is 222 g/mol. The van der Waals surface area contributed by atoms with E-state index in [1.54, 1.807) is 0 Å². The molecule has 0 bridgehead atoms. The molecule has 1 N–H and O–H groups in total. The van der Waals surface area contributed by atoms with Crippen LogP contribution in [-0.4, -0.2) is 25.3 Å². The second kappa shape index (κ2) is 7.96. The van der Waals surface area contributed by atoms with Gasteiger partial charge >= 0.3 is 0 Å². The number of ether oxygens (including phenoxy) is 1. The van der Waals surface area contributed by atoms with Crippen molar-refractivity contribution in [2.24, 2.45) is 11.3 Å². The van der Waals surface area contributed by atoms with Crippen molar-refractivity contribution in [3.05, 3.63) is 12.7 Å². The summed E-state index contributed by atoms with van der Waals surface area (Å²) in [6.45, 7) is 19.9. The third-order valence-electron chi connectivity index (χ3n) is 3.17. The van der Waals surface area contributed by atoms with Gasteiger partial charge in [-0.1, -0.05) is 26.8 Å². The maximum Gasteiger partial charge on any atom is 0.0474 e. The van der Waals surface area contributed by atoms with Crippen LogP contribution in [0.3, 0.4) is 0 Å². The Morgan fingerprint density at radius 3 is 2.22 bits per heavy atom. The van der Waals surface area contributed by atoms with Gasteiger partial charge in [-0.05, 0) is 44.9 Å². The molecule has 1 atom stereocenters. The Bertz CT molecular complexity index is 230. The molecule has 0 aliphatic heterocycles. The molecular formula is C16H33NO. The highest BCUT2D eigenvalue weighted by Crippen LogP contribution is 2.22. The van der Waals surface area contributed by atoms with E-state index < -0.39 is 0 Å². The minimum atomic E-state index is 0.116. The van der Waals surface area contributed by atoms with Gasteiger partial charge in [0.05, 0.1) is 0 Å². The number of rotatable bonds is 9. The van der Waals surface area contributed by atoms with E-state index in [2.05, 4.69) is 59.5 Å². The third kappa shape index (κ3) is 9.67. The Balaban J connectivity index is 3.89. The molecule has 0 aliphatic rings. The lowest BCUT2D eigenvalue weighted by Gasteiger charge is -2.31. The predicted octanol–water partition coefficient (Wildman–Crippen LogP) is 4.02. The second-order valence-corrected chi connectivity index (χ2v) is 7.01. The molecule has 0 saturated heterocycles. The van der Waals surface area contributed by atoms with Gasteiger partial charge in [-0.3, -0.25) is 0 Å². The highest BCUT2D eigenvalue weighted by molar-refractivity contribution is 4.94. The highest BCUT2D eigenvalue weighted by atomic mass is 16.5. The van der Waals surface area contributed by atoms with Crippen LogP contribution < -0.4 is 5.32 Å². The first kappa shape index (κ1) is 17.7. The zero-order chi connectivity index (χ0) is 14.2. The molecule has 0 aromatic heterocycles. The van der Waals surface area contributed by atoms with Gasteiger partial charge in [-0.15, -0.1) is 6.58 Å². The van der Waals surface area contributed by atoms with Crippen LogP contribution in [0.25, 0.3) is 0 Å². The summed E-state index contributed by atoms with van der Waals surface area (Å²) in [5.74, 6) is 0.721. The van der Waals surface area contributed by atoms with Gasteiger partial charge in [0.1, 0.15) is 0 Å². The van der Waals surface area contributed by atoms with E-state index in [0.29, 0.717) is 0 Å². The van der Waals surface area contributed by atoms with Crippen molar-refractivity contribution in [1.29, 1.82) is 0 Å². The van der Waals surface area contributed by atoms with Crippen molar-refractivity contribution < 1.29 is 4.74 Å². The Kier molecular flexibility index (Phi) is 7.81. The van der Waals surface area contributed by atoms with Gasteiger partial charge in [0.25, 0.3) is 0 Å². The van der Waals surface area contributed by atoms with E-state index in [1.165, 1.54) is 0 Å². The van der Waals surface area contributed by atoms with E-state index in [4.69, 9.17) is 4.74 Å². The fraction of sp³-hybridized carbons (Fsp3) is 0.875. The van der Waals surface area contributed by atoms with Gasteiger partial charge in [-0.25, -0.2) is 0 Å². The highest BCUT2D eigenvalue weighted by Gasteiger charge is 2.22. The number of hydrogen-bond donors (Lipinski definition) is 1. The van der Waals surface area contributed by atoms with E-state index in [-0.39, 0.29) is 11.0 Å². The molecule has 0 saturated carbocycles. The van der Waals surface area contributed by atoms with Crippen LogP contribution >= 0.6 is 0 Å². The first-order valence-corrected chi connectivity index (χ1v) is 7.15. The molecule has 0 rings (SSSR count). The molecule has 0 radical (unpaired) electrons.